The second-order valence-corrected chi connectivity index (χ2v) is 7.24. The van der Waals surface area contributed by atoms with Crippen LogP contribution in [0.2, 0.25) is 0 Å². The van der Waals surface area contributed by atoms with E-state index >= 15 is 0 Å². The number of fused-ring (bicyclic) bond motifs is 1. The van der Waals surface area contributed by atoms with Crippen molar-refractivity contribution in [3.8, 4) is 5.75 Å². The molecule has 1 aliphatic carbocycles. The predicted octanol–water partition coefficient (Wildman–Crippen LogP) is 1.42. The summed E-state index contributed by atoms with van der Waals surface area (Å²) in [6.45, 7) is 2.27. The van der Waals surface area contributed by atoms with Crippen LogP contribution >= 0.6 is 15.9 Å². The third-order valence-corrected chi connectivity index (χ3v) is 4.99. The van der Waals surface area contributed by atoms with Gasteiger partial charge in [-0.05, 0) is 43.9 Å². The number of amides is 2. The van der Waals surface area contributed by atoms with E-state index in [0.29, 0.717) is 23.9 Å². The van der Waals surface area contributed by atoms with E-state index in [2.05, 4.69) is 21.2 Å². The lowest BCUT2D eigenvalue weighted by Gasteiger charge is -2.33. The number of nitrogens with two attached hydrogens (primary N) is 1. The Morgan fingerprint density at radius 1 is 1.52 bits per heavy atom. The first kappa shape index (κ1) is 16.3. The number of benzene rings is 1. The molecule has 0 saturated heterocycles. The highest BCUT2D eigenvalue weighted by Gasteiger charge is 2.42. The summed E-state index contributed by atoms with van der Waals surface area (Å²) >= 11 is 3.37. The number of ether oxygens (including phenoxy) is 1. The van der Waals surface area contributed by atoms with Crippen LogP contribution in [0.4, 0.5) is 5.69 Å². The van der Waals surface area contributed by atoms with Crippen LogP contribution < -0.4 is 20.7 Å². The number of hydrogen-bond acceptors (Lipinski definition) is 4. The van der Waals surface area contributed by atoms with E-state index in [9.17, 15) is 9.59 Å². The van der Waals surface area contributed by atoms with Crippen molar-refractivity contribution in [3.63, 3.8) is 0 Å². The Labute approximate surface area is 143 Å². The van der Waals surface area contributed by atoms with Crippen LogP contribution in [0.3, 0.4) is 0 Å². The molecule has 3 N–H and O–H groups in total. The molecule has 1 aliphatic heterocycles. The average molecular weight is 382 g/mol. The summed E-state index contributed by atoms with van der Waals surface area (Å²) in [5.41, 5.74) is 6.05. The minimum atomic E-state index is -0.394. The molecule has 1 aromatic rings. The van der Waals surface area contributed by atoms with Crippen molar-refractivity contribution in [2.45, 2.75) is 25.3 Å². The standard InChI is InChI=1S/C16H20BrN3O3/c1-16(9-18,10-2-3-10)19-14(21)7-20-12-5-4-11(17)6-13(12)23-8-15(20)22/h4-6,10H,2-3,7-9,18H2,1H3,(H,19,21). The van der Waals surface area contributed by atoms with E-state index in [1.807, 2.05) is 13.0 Å². The maximum atomic E-state index is 12.4. The van der Waals surface area contributed by atoms with Gasteiger partial charge in [-0.1, -0.05) is 15.9 Å². The Morgan fingerprint density at radius 3 is 2.91 bits per heavy atom. The van der Waals surface area contributed by atoms with Gasteiger partial charge in [-0.2, -0.15) is 0 Å². The van der Waals surface area contributed by atoms with Crippen molar-refractivity contribution >= 4 is 33.4 Å². The highest BCUT2D eigenvalue weighted by Crippen LogP contribution is 2.39. The molecule has 6 nitrogen and oxygen atoms in total. The SMILES string of the molecule is CC(CN)(NC(=O)CN1C(=O)COc2cc(Br)ccc21)C1CC1. The zero-order valence-corrected chi connectivity index (χ0v) is 14.6. The molecule has 1 atom stereocenters. The Kier molecular flexibility index (Phi) is 4.33. The number of anilines is 1. The molecule has 1 fully saturated rings. The molecule has 0 spiro atoms. The topological polar surface area (TPSA) is 84.7 Å². The van der Waals surface area contributed by atoms with Crippen LogP contribution in [-0.4, -0.2) is 37.0 Å². The molecule has 3 rings (SSSR count). The van der Waals surface area contributed by atoms with Crippen molar-refractivity contribution in [1.29, 1.82) is 0 Å². The van der Waals surface area contributed by atoms with E-state index in [-0.39, 0.29) is 25.0 Å². The summed E-state index contributed by atoms with van der Waals surface area (Å²) in [7, 11) is 0. The highest BCUT2D eigenvalue weighted by molar-refractivity contribution is 9.10. The van der Waals surface area contributed by atoms with Crippen molar-refractivity contribution < 1.29 is 14.3 Å². The summed E-state index contributed by atoms with van der Waals surface area (Å²) in [4.78, 5) is 26.0. The lowest BCUT2D eigenvalue weighted by atomic mass is 9.96. The molecule has 0 radical (unpaired) electrons. The van der Waals surface area contributed by atoms with Crippen LogP contribution in [-0.2, 0) is 9.59 Å². The number of nitrogens with one attached hydrogen (secondary N) is 1. The highest BCUT2D eigenvalue weighted by atomic mass is 79.9. The summed E-state index contributed by atoms with van der Waals surface area (Å²) in [6.07, 6.45) is 2.17. The second kappa shape index (κ2) is 6.13. The van der Waals surface area contributed by atoms with Crippen LogP contribution in [0.15, 0.2) is 22.7 Å². The number of hydrogen-bond donors (Lipinski definition) is 2. The summed E-state index contributed by atoms with van der Waals surface area (Å²) in [5.74, 6) is 0.598. The molecular formula is C16H20BrN3O3. The number of carbonyl (C=O) groups is 2. The largest absolute Gasteiger partial charge is 0.482 e. The van der Waals surface area contributed by atoms with E-state index in [4.69, 9.17) is 10.5 Å². The fourth-order valence-corrected chi connectivity index (χ4v) is 3.23. The van der Waals surface area contributed by atoms with E-state index < -0.39 is 5.54 Å². The van der Waals surface area contributed by atoms with Crippen molar-refractivity contribution in [1.82, 2.24) is 5.32 Å². The van der Waals surface area contributed by atoms with Gasteiger partial charge in [0.1, 0.15) is 12.3 Å². The Balaban J connectivity index is 1.74. The van der Waals surface area contributed by atoms with Crippen molar-refractivity contribution in [2.75, 3.05) is 24.6 Å². The molecule has 7 heteroatoms. The number of rotatable bonds is 5. The molecule has 0 aromatic heterocycles. The lowest BCUT2D eigenvalue weighted by molar-refractivity contribution is -0.126. The second-order valence-electron chi connectivity index (χ2n) is 6.32. The third kappa shape index (κ3) is 3.35. The van der Waals surface area contributed by atoms with Gasteiger partial charge in [0, 0.05) is 11.0 Å². The van der Waals surface area contributed by atoms with E-state index in [1.54, 1.807) is 12.1 Å². The number of nitrogens with zero attached hydrogens (tertiary/aromatic N) is 1. The molecule has 1 saturated carbocycles. The molecule has 1 unspecified atom stereocenters. The first-order valence-corrected chi connectivity index (χ1v) is 8.46. The monoisotopic (exact) mass is 381 g/mol. The maximum Gasteiger partial charge on any atom is 0.265 e. The van der Waals surface area contributed by atoms with Gasteiger partial charge in [0.2, 0.25) is 5.91 Å². The van der Waals surface area contributed by atoms with E-state index in [0.717, 1.165) is 17.3 Å². The quantitative estimate of drug-likeness (QED) is 0.807. The fourth-order valence-electron chi connectivity index (χ4n) is 2.89. The zero-order chi connectivity index (χ0) is 16.6. The minimum Gasteiger partial charge on any atom is -0.482 e. The van der Waals surface area contributed by atoms with Crippen LogP contribution in [0.5, 0.6) is 5.75 Å². The zero-order valence-electron chi connectivity index (χ0n) is 13.0. The first-order valence-electron chi connectivity index (χ1n) is 7.67. The van der Waals surface area contributed by atoms with Gasteiger partial charge in [-0.25, -0.2) is 0 Å². The summed E-state index contributed by atoms with van der Waals surface area (Å²) in [6, 6.07) is 5.38. The number of carbonyl (C=O) groups excluding carboxylic acids is 2. The molecule has 23 heavy (non-hydrogen) atoms. The Bertz CT molecular complexity index is 647. The molecule has 1 heterocycles. The number of halogens is 1. The van der Waals surface area contributed by atoms with Crippen molar-refractivity contribution in [2.24, 2.45) is 11.7 Å². The average Bonchev–Trinajstić information content (AvgIpc) is 3.35. The smallest absolute Gasteiger partial charge is 0.265 e. The van der Waals surface area contributed by atoms with Crippen molar-refractivity contribution in [3.05, 3.63) is 22.7 Å². The van der Waals surface area contributed by atoms with Gasteiger partial charge in [0.15, 0.2) is 6.61 Å². The van der Waals surface area contributed by atoms with Crippen LogP contribution in [0.25, 0.3) is 0 Å². The molecule has 1 aromatic carbocycles. The van der Waals surface area contributed by atoms with Gasteiger partial charge in [0.05, 0.1) is 11.2 Å². The predicted molar refractivity (Wildman–Crippen MR) is 90.3 cm³/mol. The van der Waals surface area contributed by atoms with Gasteiger partial charge >= 0.3 is 0 Å². The van der Waals surface area contributed by atoms with Gasteiger partial charge in [-0.15, -0.1) is 0 Å². The molecular weight excluding hydrogens is 362 g/mol. The maximum absolute atomic E-state index is 12.4. The van der Waals surface area contributed by atoms with Gasteiger partial charge in [-0.3, -0.25) is 14.5 Å². The van der Waals surface area contributed by atoms with Gasteiger partial charge < -0.3 is 15.8 Å². The van der Waals surface area contributed by atoms with Gasteiger partial charge in [0.25, 0.3) is 5.91 Å². The minimum absolute atomic E-state index is 0.0286. The molecule has 124 valence electrons. The Hall–Kier alpha value is -1.60. The lowest BCUT2D eigenvalue weighted by Crippen LogP contribution is -2.56. The molecule has 0 bridgehead atoms. The first-order chi connectivity index (χ1) is 10.9. The summed E-state index contributed by atoms with van der Waals surface area (Å²) in [5, 5.41) is 3.01. The molecule has 2 aliphatic rings. The van der Waals surface area contributed by atoms with E-state index in [1.165, 1.54) is 4.90 Å². The normalized spacial score (nSPS) is 19.6. The Morgan fingerprint density at radius 2 is 2.26 bits per heavy atom. The van der Waals surface area contributed by atoms with Crippen LogP contribution in [0, 0.1) is 5.92 Å². The fraction of sp³-hybridized carbons (Fsp3) is 0.500. The third-order valence-electron chi connectivity index (χ3n) is 4.49. The summed E-state index contributed by atoms with van der Waals surface area (Å²) < 4.78 is 6.29. The van der Waals surface area contributed by atoms with Crippen LogP contribution in [0.1, 0.15) is 19.8 Å². The molecule has 2 amide bonds.